The van der Waals surface area contributed by atoms with Gasteiger partial charge in [0.05, 0.1) is 16.1 Å². The smallest absolute Gasteiger partial charge is 0.398 e. The monoisotopic (exact) mass is 350 g/mol. The van der Waals surface area contributed by atoms with Gasteiger partial charge in [0.2, 0.25) is 0 Å². The molecule has 6 heteroatoms. The zero-order chi connectivity index (χ0) is 18.3. The Morgan fingerprint density at radius 3 is 2.25 bits per heavy atom. The molecule has 1 aromatic rings. The fourth-order valence-corrected chi connectivity index (χ4v) is 2.92. The number of hydrogen-bond acceptors (Lipinski definition) is 4. The number of halogens is 1. The van der Waals surface area contributed by atoms with Gasteiger partial charge in [-0.05, 0) is 66.2 Å². The van der Waals surface area contributed by atoms with Crippen LogP contribution in [0.5, 0.6) is 0 Å². The normalized spacial score (nSPS) is 20.5. The summed E-state index contributed by atoms with van der Waals surface area (Å²) in [5.74, 6) is 5.66. The molecule has 0 aliphatic carbocycles. The topological polar surface area (TPSA) is 38.7 Å². The summed E-state index contributed by atoms with van der Waals surface area (Å²) < 4.78 is 26.3. The highest BCUT2D eigenvalue weighted by Gasteiger charge is 2.53. The first-order valence-corrected chi connectivity index (χ1v) is 8.72. The van der Waals surface area contributed by atoms with Crippen molar-refractivity contribution in [2.24, 2.45) is 0 Å². The van der Waals surface area contributed by atoms with Gasteiger partial charge in [0.1, 0.15) is 11.3 Å². The standard InChI is InChI=1S/C18H24BFO3S/c1-12(14-9-8-13(24-14)10-11-16(2,3)21)15(20)19-22-17(4,5)18(6,7)23-19/h8-9,21H,1-7H3. The summed E-state index contributed by atoms with van der Waals surface area (Å²) in [7, 11) is -0.997. The molecular weight excluding hydrogens is 326 g/mol. The average Bonchev–Trinajstić information content (AvgIpc) is 2.97. The molecule has 0 radical (unpaired) electrons. The van der Waals surface area contributed by atoms with Crippen LogP contribution < -0.4 is 0 Å². The number of aliphatic hydroxyl groups is 1. The minimum atomic E-state index is -1.05. The zero-order valence-corrected chi connectivity index (χ0v) is 16.1. The molecule has 2 heterocycles. The van der Waals surface area contributed by atoms with Gasteiger partial charge in [0, 0.05) is 4.88 Å². The van der Waals surface area contributed by atoms with Crippen LogP contribution in [0, 0.1) is 11.8 Å². The van der Waals surface area contributed by atoms with Crippen molar-refractivity contribution in [3.05, 3.63) is 27.6 Å². The van der Waals surface area contributed by atoms with Gasteiger partial charge in [-0.15, -0.1) is 11.3 Å². The molecule has 1 fully saturated rings. The van der Waals surface area contributed by atoms with Crippen LogP contribution in [0.3, 0.4) is 0 Å². The third-order valence-corrected chi connectivity index (χ3v) is 5.41. The van der Waals surface area contributed by atoms with E-state index in [0.29, 0.717) is 5.57 Å². The van der Waals surface area contributed by atoms with Crippen LogP contribution in [0.15, 0.2) is 17.9 Å². The Balaban J connectivity index is 2.25. The lowest BCUT2D eigenvalue weighted by atomic mass is 9.84. The molecule has 24 heavy (non-hydrogen) atoms. The largest absolute Gasteiger partial charge is 0.525 e. The van der Waals surface area contributed by atoms with Crippen molar-refractivity contribution < 1.29 is 18.8 Å². The molecule has 0 aromatic carbocycles. The maximum absolute atomic E-state index is 14.8. The molecule has 0 saturated carbocycles. The minimum absolute atomic E-state index is 0.419. The minimum Gasteiger partial charge on any atom is -0.398 e. The van der Waals surface area contributed by atoms with Crippen LogP contribution in [0.1, 0.15) is 58.2 Å². The van der Waals surface area contributed by atoms with E-state index in [-0.39, 0.29) is 0 Å². The van der Waals surface area contributed by atoms with Crippen LogP contribution in [0.4, 0.5) is 4.39 Å². The third kappa shape index (κ3) is 4.09. The molecule has 0 bridgehead atoms. The lowest BCUT2D eigenvalue weighted by Gasteiger charge is -2.32. The highest BCUT2D eigenvalue weighted by molar-refractivity contribution is 7.13. The Morgan fingerprint density at radius 2 is 1.75 bits per heavy atom. The van der Waals surface area contributed by atoms with E-state index in [1.54, 1.807) is 20.8 Å². The summed E-state index contributed by atoms with van der Waals surface area (Å²) in [4.78, 5) is 1.54. The molecule has 2 rings (SSSR count). The van der Waals surface area contributed by atoms with E-state index in [2.05, 4.69) is 11.8 Å². The fraction of sp³-hybridized carbons (Fsp3) is 0.556. The number of allylic oxidation sites excluding steroid dienone is 1. The molecule has 1 N–H and O–H groups in total. The van der Waals surface area contributed by atoms with Crippen LogP contribution >= 0.6 is 11.3 Å². The van der Waals surface area contributed by atoms with E-state index >= 15 is 0 Å². The molecule has 0 unspecified atom stereocenters. The molecule has 0 atom stereocenters. The lowest BCUT2D eigenvalue weighted by Crippen LogP contribution is -2.41. The lowest BCUT2D eigenvalue weighted by molar-refractivity contribution is 0.00578. The summed E-state index contributed by atoms with van der Waals surface area (Å²) in [5, 5.41) is 9.65. The second kappa shape index (κ2) is 6.31. The maximum atomic E-state index is 14.8. The molecule has 1 saturated heterocycles. The number of rotatable bonds is 2. The fourth-order valence-electron chi connectivity index (χ4n) is 2.06. The van der Waals surface area contributed by atoms with E-state index in [0.717, 1.165) is 9.75 Å². The maximum Gasteiger partial charge on any atom is 0.525 e. The van der Waals surface area contributed by atoms with Crippen molar-refractivity contribution in [3.8, 4) is 11.8 Å². The van der Waals surface area contributed by atoms with Crippen molar-refractivity contribution in [1.29, 1.82) is 0 Å². The van der Waals surface area contributed by atoms with Gasteiger partial charge in [-0.1, -0.05) is 11.8 Å². The molecular formula is C18H24BFO3S. The van der Waals surface area contributed by atoms with Crippen LogP contribution in [0.25, 0.3) is 5.57 Å². The summed E-state index contributed by atoms with van der Waals surface area (Å²) in [5.41, 5.74) is -2.14. The second-order valence-electron chi connectivity index (χ2n) is 7.53. The van der Waals surface area contributed by atoms with Crippen molar-refractivity contribution >= 4 is 24.0 Å². The summed E-state index contributed by atoms with van der Waals surface area (Å²) in [6.45, 7) is 12.5. The van der Waals surface area contributed by atoms with E-state index in [4.69, 9.17) is 9.31 Å². The summed E-state index contributed by atoms with van der Waals surface area (Å²) in [6, 6.07) is 3.64. The van der Waals surface area contributed by atoms with Gasteiger partial charge in [0.15, 0.2) is 0 Å². The third-order valence-electron chi connectivity index (χ3n) is 4.29. The number of hydrogen-bond donors (Lipinski definition) is 1. The molecule has 0 amide bonds. The van der Waals surface area contributed by atoms with Crippen LogP contribution in [-0.2, 0) is 9.31 Å². The van der Waals surface area contributed by atoms with E-state index in [1.807, 2.05) is 39.8 Å². The summed E-state index contributed by atoms with van der Waals surface area (Å²) >= 11 is 1.37. The average molecular weight is 350 g/mol. The first kappa shape index (κ1) is 19.2. The highest BCUT2D eigenvalue weighted by Crippen LogP contribution is 2.40. The van der Waals surface area contributed by atoms with E-state index < -0.39 is 29.6 Å². The molecule has 1 aliphatic rings. The van der Waals surface area contributed by atoms with E-state index in [9.17, 15) is 9.50 Å². The zero-order valence-electron chi connectivity index (χ0n) is 15.3. The van der Waals surface area contributed by atoms with Crippen molar-refractivity contribution in [3.63, 3.8) is 0 Å². The van der Waals surface area contributed by atoms with Gasteiger partial charge in [-0.2, -0.15) is 0 Å². The Morgan fingerprint density at radius 1 is 1.21 bits per heavy atom. The van der Waals surface area contributed by atoms with Crippen molar-refractivity contribution in [2.75, 3.05) is 0 Å². The van der Waals surface area contributed by atoms with E-state index in [1.165, 1.54) is 11.3 Å². The van der Waals surface area contributed by atoms with Crippen LogP contribution in [-0.4, -0.2) is 29.0 Å². The predicted molar refractivity (Wildman–Crippen MR) is 97.3 cm³/mol. The molecule has 1 aliphatic heterocycles. The van der Waals surface area contributed by atoms with Gasteiger partial charge in [-0.25, -0.2) is 4.39 Å². The Bertz CT molecular complexity index is 701. The van der Waals surface area contributed by atoms with Crippen molar-refractivity contribution in [2.45, 2.75) is 65.3 Å². The van der Waals surface area contributed by atoms with Gasteiger partial charge in [0.25, 0.3) is 0 Å². The highest BCUT2D eigenvalue weighted by atomic mass is 32.1. The van der Waals surface area contributed by atoms with Crippen LogP contribution in [0.2, 0.25) is 0 Å². The van der Waals surface area contributed by atoms with Gasteiger partial charge in [-0.3, -0.25) is 0 Å². The molecule has 130 valence electrons. The summed E-state index contributed by atoms with van der Waals surface area (Å²) in [6.07, 6.45) is 0. The number of thiophene rings is 1. The molecule has 3 nitrogen and oxygen atoms in total. The SMILES string of the molecule is CC(=C(F)B1OC(C)(C)C(C)(C)O1)c1ccc(C#CC(C)(C)O)s1. The molecule has 0 spiro atoms. The molecule has 1 aromatic heterocycles. The van der Waals surface area contributed by atoms with Crippen molar-refractivity contribution in [1.82, 2.24) is 0 Å². The first-order valence-electron chi connectivity index (χ1n) is 7.90. The first-order chi connectivity index (χ1) is 10.8. The van der Waals surface area contributed by atoms with Gasteiger partial charge >= 0.3 is 7.12 Å². The Kier molecular flexibility index (Phi) is 5.05. The Hall–Kier alpha value is -1.13. The van der Waals surface area contributed by atoms with Gasteiger partial charge < -0.3 is 14.4 Å². The predicted octanol–water partition coefficient (Wildman–Crippen LogP) is 4.20. The second-order valence-corrected chi connectivity index (χ2v) is 8.62. The Labute approximate surface area is 148 Å². The quantitative estimate of drug-likeness (QED) is 0.642.